The standard InChI is InChI=1S/C10H18N2O6S/c1-18-5-2-8(9(13)14)11-10(15)12-3-6-19(16,17)7-4-12/h8H,2-7H2,1H3,(H,11,15)(H,13,14). The molecule has 0 bridgehead atoms. The van der Waals surface area contributed by atoms with Crippen LogP contribution in [0, 0.1) is 0 Å². The first-order valence-electron chi connectivity index (χ1n) is 5.83. The van der Waals surface area contributed by atoms with Gasteiger partial charge in [-0.15, -0.1) is 0 Å². The summed E-state index contributed by atoms with van der Waals surface area (Å²) in [4.78, 5) is 24.1. The number of sulfone groups is 1. The van der Waals surface area contributed by atoms with Crippen molar-refractivity contribution in [2.24, 2.45) is 0 Å². The van der Waals surface area contributed by atoms with Gasteiger partial charge in [-0.05, 0) is 0 Å². The summed E-state index contributed by atoms with van der Waals surface area (Å²) < 4.78 is 27.2. The molecule has 1 heterocycles. The minimum Gasteiger partial charge on any atom is -0.480 e. The van der Waals surface area contributed by atoms with Gasteiger partial charge in [0.25, 0.3) is 0 Å². The summed E-state index contributed by atoms with van der Waals surface area (Å²) in [7, 11) is -1.63. The lowest BCUT2D eigenvalue weighted by molar-refractivity contribution is -0.139. The van der Waals surface area contributed by atoms with Crippen LogP contribution in [0.5, 0.6) is 0 Å². The Morgan fingerprint density at radius 1 is 1.37 bits per heavy atom. The monoisotopic (exact) mass is 294 g/mol. The molecular formula is C10H18N2O6S. The van der Waals surface area contributed by atoms with E-state index in [9.17, 15) is 18.0 Å². The van der Waals surface area contributed by atoms with Gasteiger partial charge in [0.2, 0.25) is 0 Å². The Balaban J connectivity index is 2.51. The average Bonchev–Trinajstić information content (AvgIpc) is 2.33. The van der Waals surface area contributed by atoms with Crippen molar-refractivity contribution in [3.05, 3.63) is 0 Å². The Kier molecular flexibility index (Phi) is 5.55. The topological polar surface area (TPSA) is 113 Å². The number of aliphatic carboxylic acids is 1. The molecule has 1 atom stereocenters. The van der Waals surface area contributed by atoms with Crippen LogP contribution in [0.2, 0.25) is 0 Å². The molecule has 0 aliphatic carbocycles. The Morgan fingerprint density at radius 3 is 2.42 bits per heavy atom. The van der Waals surface area contributed by atoms with E-state index in [-0.39, 0.29) is 37.6 Å². The molecular weight excluding hydrogens is 276 g/mol. The third-order valence-electron chi connectivity index (χ3n) is 2.84. The van der Waals surface area contributed by atoms with E-state index in [0.29, 0.717) is 0 Å². The lowest BCUT2D eigenvalue weighted by Gasteiger charge is -2.28. The second kappa shape index (κ2) is 6.71. The highest BCUT2D eigenvalue weighted by atomic mass is 32.2. The van der Waals surface area contributed by atoms with Gasteiger partial charge in [0.15, 0.2) is 9.84 Å². The van der Waals surface area contributed by atoms with Crippen molar-refractivity contribution in [1.29, 1.82) is 0 Å². The molecule has 0 aromatic carbocycles. The number of rotatable bonds is 5. The van der Waals surface area contributed by atoms with E-state index in [0.717, 1.165) is 0 Å². The average molecular weight is 294 g/mol. The number of hydrogen-bond acceptors (Lipinski definition) is 5. The number of carboxylic acids is 1. The molecule has 1 rings (SSSR count). The third kappa shape index (κ3) is 5.03. The smallest absolute Gasteiger partial charge is 0.326 e. The number of nitrogens with one attached hydrogen (secondary N) is 1. The molecule has 0 aromatic heterocycles. The van der Waals surface area contributed by atoms with Gasteiger partial charge < -0.3 is 20.1 Å². The van der Waals surface area contributed by atoms with E-state index >= 15 is 0 Å². The van der Waals surface area contributed by atoms with Gasteiger partial charge in [-0.3, -0.25) is 0 Å². The molecule has 19 heavy (non-hydrogen) atoms. The van der Waals surface area contributed by atoms with E-state index < -0.39 is 27.9 Å². The molecule has 8 nitrogen and oxygen atoms in total. The van der Waals surface area contributed by atoms with Gasteiger partial charge in [-0.2, -0.15) is 0 Å². The van der Waals surface area contributed by atoms with E-state index in [2.05, 4.69) is 5.32 Å². The minimum atomic E-state index is -3.07. The number of urea groups is 1. The third-order valence-corrected chi connectivity index (χ3v) is 4.45. The lowest BCUT2D eigenvalue weighted by atomic mass is 10.2. The quantitative estimate of drug-likeness (QED) is 0.666. The number of carbonyl (C=O) groups excluding carboxylic acids is 1. The molecule has 0 aromatic rings. The van der Waals surface area contributed by atoms with Crippen LogP contribution in [-0.2, 0) is 19.4 Å². The highest BCUT2D eigenvalue weighted by Crippen LogP contribution is 2.05. The van der Waals surface area contributed by atoms with Gasteiger partial charge >= 0.3 is 12.0 Å². The molecule has 2 amide bonds. The molecule has 1 aliphatic heterocycles. The Hall–Kier alpha value is -1.35. The van der Waals surface area contributed by atoms with Crippen molar-refractivity contribution in [2.75, 3.05) is 38.3 Å². The Labute approximate surface area is 111 Å². The zero-order valence-electron chi connectivity index (χ0n) is 10.7. The fourth-order valence-electron chi connectivity index (χ4n) is 1.65. The SMILES string of the molecule is COCCC(NC(=O)N1CCS(=O)(=O)CC1)C(=O)O. The molecule has 1 aliphatic rings. The van der Waals surface area contributed by atoms with Crippen LogP contribution < -0.4 is 5.32 Å². The number of methoxy groups -OCH3 is 1. The second-order valence-electron chi connectivity index (χ2n) is 4.26. The number of ether oxygens (including phenoxy) is 1. The van der Waals surface area contributed by atoms with E-state index in [1.165, 1.54) is 12.0 Å². The Bertz CT molecular complexity index is 421. The molecule has 9 heteroatoms. The zero-order valence-corrected chi connectivity index (χ0v) is 11.5. The molecule has 0 radical (unpaired) electrons. The van der Waals surface area contributed by atoms with Gasteiger partial charge in [0.1, 0.15) is 6.04 Å². The van der Waals surface area contributed by atoms with Crippen molar-refractivity contribution < 1.29 is 27.9 Å². The molecule has 110 valence electrons. The lowest BCUT2D eigenvalue weighted by Crippen LogP contribution is -2.52. The van der Waals surface area contributed by atoms with Gasteiger partial charge in [0.05, 0.1) is 11.5 Å². The predicted molar refractivity (Wildman–Crippen MR) is 66.7 cm³/mol. The fraction of sp³-hybridized carbons (Fsp3) is 0.800. The first-order chi connectivity index (χ1) is 8.85. The molecule has 1 unspecified atom stereocenters. The predicted octanol–water partition coefficient (Wildman–Crippen LogP) is -1.08. The van der Waals surface area contributed by atoms with Crippen LogP contribution in [0.3, 0.4) is 0 Å². The zero-order chi connectivity index (χ0) is 14.5. The second-order valence-corrected chi connectivity index (χ2v) is 6.56. The molecule has 2 N–H and O–H groups in total. The van der Waals surface area contributed by atoms with Crippen molar-refractivity contribution in [2.45, 2.75) is 12.5 Å². The molecule has 0 saturated carbocycles. The first-order valence-corrected chi connectivity index (χ1v) is 7.65. The van der Waals surface area contributed by atoms with Crippen molar-refractivity contribution in [3.8, 4) is 0 Å². The normalized spacial score (nSPS) is 19.7. The molecule has 1 saturated heterocycles. The van der Waals surface area contributed by atoms with Crippen LogP contribution in [0.25, 0.3) is 0 Å². The summed E-state index contributed by atoms with van der Waals surface area (Å²) in [5.74, 6) is -1.32. The van der Waals surface area contributed by atoms with Gasteiger partial charge in [-0.1, -0.05) is 0 Å². The number of nitrogens with zero attached hydrogens (tertiary/aromatic N) is 1. The summed E-state index contributed by atoms with van der Waals surface area (Å²) in [6.45, 7) is 0.390. The first kappa shape index (κ1) is 15.7. The van der Waals surface area contributed by atoms with Crippen LogP contribution in [0.1, 0.15) is 6.42 Å². The number of amides is 2. The maximum atomic E-state index is 11.8. The van der Waals surface area contributed by atoms with Crippen LogP contribution >= 0.6 is 0 Å². The minimum absolute atomic E-state index is 0.0871. The summed E-state index contributed by atoms with van der Waals surface area (Å²) in [6.07, 6.45) is 0.156. The Morgan fingerprint density at radius 2 is 1.95 bits per heavy atom. The maximum absolute atomic E-state index is 11.8. The molecule has 1 fully saturated rings. The van der Waals surface area contributed by atoms with E-state index in [1.54, 1.807) is 0 Å². The van der Waals surface area contributed by atoms with Crippen LogP contribution in [0.15, 0.2) is 0 Å². The van der Waals surface area contributed by atoms with Crippen molar-refractivity contribution in [3.63, 3.8) is 0 Å². The number of carboxylic acid groups (broad SMARTS) is 1. The fourth-order valence-corrected chi connectivity index (χ4v) is 2.85. The summed E-state index contributed by atoms with van der Waals surface area (Å²) in [5, 5.41) is 11.3. The van der Waals surface area contributed by atoms with Crippen molar-refractivity contribution in [1.82, 2.24) is 10.2 Å². The summed E-state index contributed by atoms with van der Waals surface area (Å²) >= 11 is 0. The number of hydrogen-bond donors (Lipinski definition) is 2. The van der Waals surface area contributed by atoms with Crippen LogP contribution in [0.4, 0.5) is 4.79 Å². The van der Waals surface area contributed by atoms with Crippen LogP contribution in [-0.4, -0.2) is 74.8 Å². The van der Waals surface area contributed by atoms with Crippen molar-refractivity contribution >= 4 is 21.8 Å². The largest absolute Gasteiger partial charge is 0.480 e. The summed E-state index contributed by atoms with van der Waals surface area (Å²) in [6, 6.07) is -1.59. The maximum Gasteiger partial charge on any atom is 0.326 e. The summed E-state index contributed by atoms with van der Waals surface area (Å²) in [5.41, 5.74) is 0. The van der Waals surface area contributed by atoms with E-state index in [4.69, 9.17) is 9.84 Å². The highest BCUT2D eigenvalue weighted by molar-refractivity contribution is 7.91. The van der Waals surface area contributed by atoms with Gasteiger partial charge in [0, 0.05) is 33.2 Å². The number of carbonyl (C=O) groups is 2. The highest BCUT2D eigenvalue weighted by Gasteiger charge is 2.27. The van der Waals surface area contributed by atoms with Gasteiger partial charge in [-0.25, -0.2) is 18.0 Å². The molecule has 0 spiro atoms. The van der Waals surface area contributed by atoms with E-state index in [1.807, 2.05) is 0 Å².